The van der Waals surface area contributed by atoms with E-state index in [0.717, 1.165) is 0 Å². The number of amides is 1. The zero-order chi connectivity index (χ0) is 16.9. The molecule has 3 aromatic rings. The van der Waals surface area contributed by atoms with Gasteiger partial charge in [-0.05, 0) is 25.1 Å². The summed E-state index contributed by atoms with van der Waals surface area (Å²) in [5.41, 5.74) is 1.69. The van der Waals surface area contributed by atoms with Crippen molar-refractivity contribution >= 4 is 28.3 Å². The first kappa shape index (κ1) is 15.9. The molecule has 6 nitrogen and oxygen atoms in total. The summed E-state index contributed by atoms with van der Waals surface area (Å²) in [5, 5.41) is 4.86. The number of esters is 1. The molecule has 3 rings (SSSR count). The third-order valence-corrected chi connectivity index (χ3v) is 3.93. The van der Waals surface area contributed by atoms with Crippen LogP contribution in [0.2, 0.25) is 0 Å². The van der Waals surface area contributed by atoms with Crippen LogP contribution in [-0.4, -0.2) is 23.5 Å². The van der Waals surface area contributed by atoms with Gasteiger partial charge in [-0.25, -0.2) is 9.78 Å². The molecular weight excluding hydrogens is 328 g/mol. The van der Waals surface area contributed by atoms with E-state index in [1.165, 1.54) is 17.6 Å². The lowest BCUT2D eigenvalue weighted by Gasteiger charge is -2.06. The quantitative estimate of drug-likeness (QED) is 0.713. The average molecular weight is 342 g/mol. The number of hydrogen-bond donors (Lipinski definition) is 1. The van der Waals surface area contributed by atoms with Gasteiger partial charge in [0.1, 0.15) is 0 Å². The van der Waals surface area contributed by atoms with Gasteiger partial charge < -0.3 is 9.15 Å². The molecule has 7 heteroatoms. The van der Waals surface area contributed by atoms with Crippen LogP contribution in [0.3, 0.4) is 0 Å². The number of rotatable bonds is 5. The molecule has 122 valence electrons. The molecule has 0 aliphatic carbocycles. The maximum Gasteiger partial charge on any atom is 0.338 e. The molecule has 0 saturated heterocycles. The molecule has 0 atom stereocenters. The number of ether oxygens (including phenoxy) is 1. The first-order valence-corrected chi connectivity index (χ1v) is 8.14. The summed E-state index contributed by atoms with van der Waals surface area (Å²) in [4.78, 5) is 28.4. The summed E-state index contributed by atoms with van der Waals surface area (Å²) >= 11 is 1.27. The second kappa shape index (κ2) is 7.10. The average Bonchev–Trinajstić information content (AvgIpc) is 3.27. The van der Waals surface area contributed by atoms with Crippen LogP contribution in [0, 0.1) is 0 Å². The fraction of sp³-hybridized carbons (Fsp3) is 0.118. The first-order valence-electron chi connectivity index (χ1n) is 7.26. The molecule has 24 heavy (non-hydrogen) atoms. The van der Waals surface area contributed by atoms with E-state index in [0.29, 0.717) is 28.6 Å². The molecule has 1 N–H and O–H groups in total. The van der Waals surface area contributed by atoms with Crippen LogP contribution in [0.25, 0.3) is 11.3 Å². The number of aromatic nitrogens is 1. The molecule has 0 unspecified atom stereocenters. The molecule has 0 saturated carbocycles. The van der Waals surface area contributed by atoms with Crippen molar-refractivity contribution in [3.05, 3.63) is 59.4 Å². The van der Waals surface area contributed by atoms with Crippen LogP contribution < -0.4 is 5.32 Å². The van der Waals surface area contributed by atoms with E-state index in [1.807, 2.05) is 6.07 Å². The molecule has 2 aromatic heterocycles. The largest absolute Gasteiger partial charge is 0.462 e. The molecule has 1 aromatic carbocycles. The monoisotopic (exact) mass is 342 g/mol. The number of carbonyl (C=O) groups excluding carboxylic acids is 2. The molecular formula is C17H14N2O4S. The Kier molecular flexibility index (Phi) is 4.72. The fourth-order valence-electron chi connectivity index (χ4n) is 2.11. The lowest BCUT2D eigenvalue weighted by Crippen LogP contribution is -2.10. The van der Waals surface area contributed by atoms with Gasteiger partial charge >= 0.3 is 5.97 Å². The minimum absolute atomic E-state index is 0.207. The molecule has 0 spiro atoms. The minimum Gasteiger partial charge on any atom is -0.462 e. The molecule has 0 radical (unpaired) electrons. The van der Waals surface area contributed by atoms with Gasteiger partial charge in [0.15, 0.2) is 10.9 Å². The van der Waals surface area contributed by atoms with Gasteiger partial charge in [-0.1, -0.05) is 18.2 Å². The number of benzene rings is 1. The third kappa shape index (κ3) is 3.36. The summed E-state index contributed by atoms with van der Waals surface area (Å²) in [5.74, 6) is -0.569. The van der Waals surface area contributed by atoms with E-state index in [4.69, 9.17) is 9.15 Å². The van der Waals surface area contributed by atoms with Crippen LogP contribution in [0.4, 0.5) is 5.13 Å². The number of nitrogens with zero attached hydrogens (tertiary/aromatic N) is 1. The van der Waals surface area contributed by atoms with E-state index in [9.17, 15) is 9.59 Å². The van der Waals surface area contributed by atoms with Crippen LogP contribution in [-0.2, 0) is 4.74 Å². The van der Waals surface area contributed by atoms with Gasteiger partial charge in [-0.3, -0.25) is 10.1 Å². The first-order chi connectivity index (χ1) is 11.7. The van der Waals surface area contributed by atoms with Crippen LogP contribution in [0.15, 0.2) is 52.5 Å². The van der Waals surface area contributed by atoms with Crippen molar-refractivity contribution in [1.82, 2.24) is 4.98 Å². The van der Waals surface area contributed by atoms with Crippen molar-refractivity contribution in [2.24, 2.45) is 0 Å². The summed E-state index contributed by atoms with van der Waals surface area (Å²) in [6, 6.07) is 10.3. The second-order valence-electron chi connectivity index (χ2n) is 4.74. The number of thiazole rings is 1. The Hall–Kier alpha value is -2.93. The van der Waals surface area contributed by atoms with Gasteiger partial charge in [0.2, 0.25) is 0 Å². The van der Waals surface area contributed by atoms with Crippen molar-refractivity contribution in [1.29, 1.82) is 0 Å². The predicted molar refractivity (Wildman–Crippen MR) is 90.2 cm³/mol. The minimum atomic E-state index is -0.401. The van der Waals surface area contributed by atoms with E-state index in [1.54, 1.807) is 42.6 Å². The molecule has 0 aliphatic rings. The zero-order valence-electron chi connectivity index (χ0n) is 12.8. The van der Waals surface area contributed by atoms with Gasteiger partial charge in [-0.2, -0.15) is 0 Å². The van der Waals surface area contributed by atoms with Gasteiger partial charge in [0.25, 0.3) is 5.91 Å². The Morgan fingerprint density at radius 3 is 2.83 bits per heavy atom. The highest BCUT2D eigenvalue weighted by atomic mass is 32.1. The maximum atomic E-state index is 12.1. The lowest BCUT2D eigenvalue weighted by molar-refractivity contribution is 0.0527. The van der Waals surface area contributed by atoms with Crippen LogP contribution in [0.5, 0.6) is 0 Å². The molecule has 2 heterocycles. The number of furan rings is 1. The highest BCUT2D eigenvalue weighted by Crippen LogP contribution is 2.28. The lowest BCUT2D eigenvalue weighted by atomic mass is 10.1. The summed E-state index contributed by atoms with van der Waals surface area (Å²) in [7, 11) is 0. The Labute approximate surface area is 142 Å². The number of nitrogens with one attached hydrogen (secondary N) is 1. The van der Waals surface area contributed by atoms with Crippen molar-refractivity contribution in [3.63, 3.8) is 0 Å². The van der Waals surface area contributed by atoms with Crippen LogP contribution >= 0.6 is 11.3 Å². The smallest absolute Gasteiger partial charge is 0.338 e. The second-order valence-corrected chi connectivity index (χ2v) is 5.59. The maximum absolute atomic E-state index is 12.1. The number of carbonyl (C=O) groups is 2. The van der Waals surface area contributed by atoms with E-state index in [2.05, 4.69) is 10.3 Å². The normalized spacial score (nSPS) is 10.4. The zero-order valence-corrected chi connectivity index (χ0v) is 13.6. The molecule has 0 fully saturated rings. The summed E-state index contributed by atoms with van der Waals surface area (Å²) in [6.45, 7) is 2.06. The Morgan fingerprint density at radius 2 is 2.08 bits per heavy atom. The van der Waals surface area contributed by atoms with E-state index in [-0.39, 0.29) is 11.7 Å². The Balaban J connectivity index is 1.83. The fourth-order valence-corrected chi connectivity index (χ4v) is 2.82. The standard InChI is InChI=1S/C17H14N2O4S/c1-2-22-16(21)12-7-4-3-6-11(12)13-10-24-17(18-13)19-15(20)14-8-5-9-23-14/h3-10H,2H2,1H3,(H,18,19,20). The highest BCUT2D eigenvalue weighted by molar-refractivity contribution is 7.14. The number of anilines is 1. The number of hydrogen-bond acceptors (Lipinski definition) is 6. The molecule has 0 bridgehead atoms. The van der Waals surface area contributed by atoms with Crippen molar-refractivity contribution in [3.8, 4) is 11.3 Å². The van der Waals surface area contributed by atoms with E-state index >= 15 is 0 Å². The molecule has 1 amide bonds. The Bertz CT molecular complexity index is 855. The van der Waals surface area contributed by atoms with Crippen LogP contribution in [0.1, 0.15) is 27.8 Å². The van der Waals surface area contributed by atoms with E-state index < -0.39 is 5.97 Å². The van der Waals surface area contributed by atoms with Gasteiger partial charge in [0, 0.05) is 10.9 Å². The summed E-state index contributed by atoms with van der Waals surface area (Å²) in [6.07, 6.45) is 1.43. The summed E-state index contributed by atoms with van der Waals surface area (Å²) < 4.78 is 10.1. The predicted octanol–water partition coefficient (Wildman–Crippen LogP) is 3.83. The topological polar surface area (TPSA) is 81.4 Å². The molecule has 0 aliphatic heterocycles. The van der Waals surface area contributed by atoms with Gasteiger partial charge in [0.05, 0.1) is 24.1 Å². The van der Waals surface area contributed by atoms with Crippen molar-refractivity contribution in [2.45, 2.75) is 6.92 Å². The van der Waals surface area contributed by atoms with Crippen molar-refractivity contribution in [2.75, 3.05) is 11.9 Å². The highest BCUT2D eigenvalue weighted by Gasteiger charge is 2.17. The van der Waals surface area contributed by atoms with Gasteiger partial charge in [-0.15, -0.1) is 11.3 Å². The van der Waals surface area contributed by atoms with Crippen molar-refractivity contribution < 1.29 is 18.7 Å². The SMILES string of the molecule is CCOC(=O)c1ccccc1-c1csc(NC(=O)c2ccco2)n1. The third-order valence-electron chi connectivity index (χ3n) is 3.17. The Morgan fingerprint density at radius 1 is 1.25 bits per heavy atom.